The molecular formula is C14H14BN2O2. The Hall–Kier alpha value is -1.88. The van der Waals surface area contributed by atoms with E-state index in [0.717, 1.165) is 36.2 Å². The highest BCUT2D eigenvalue weighted by molar-refractivity contribution is 6.64. The predicted molar refractivity (Wildman–Crippen MR) is 73.3 cm³/mol. The van der Waals surface area contributed by atoms with Crippen molar-refractivity contribution in [3.8, 4) is 11.5 Å². The van der Waals surface area contributed by atoms with Crippen LogP contribution in [0, 0.1) is 6.92 Å². The first-order valence-corrected chi connectivity index (χ1v) is 6.34. The Morgan fingerprint density at radius 2 is 2.16 bits per heavy atom. The summed E-state index contributed by atoms with van der Waals surface area (Å²) in [4.78, 5) is 17.0. The summed E-state index contributed by atoms with van der Waals surface area (Å²) in [5.74, 6) is 1.60. The average molecular weight is 253 g/mol. The van der Waals surface area contributed by atoms with Crippen molar-refractivity contribution in [2.75, 3.05) is 6.54 Å². The van der Waals surface area contributed by atoms with E-state index in [1.807, 2.05) is 29.1 Å². The Balaban J connectivity index is 1.86. The van der Waals surface area contributed by atoms with Gasteiger partial charge in [0, 0.05) is 18.5 Å². The zero-order valence-corrected chi connectivity index (χ0v) is 10.8. The number of nitrogens with zero attached hydrogens (tertiary/aromatic N) is 2. The molecule has 1 aromatic heterocycles. The summed E-state index contributed by atoms with van der Waals surface area (Å²) in [7, 11) is 1.56. The zero-order valence-electron chi connectivity index (χ0n) is 10.8. The van der Waals surface area contributed by atoms with Crippen LogP contribution in [0.4, 0.5) is 0 Å². The van der Waals surface area contributed by atoms with Gasteiger partial charge in [-0.2, -0.15) is 0 Å². The number of hydrogen-bond acceptors (Lipinski definition) is 4. The normalized spacial score (nSPS) is 15.0. The van der Waals surface area contributed by atoms with Gasteiger partial charge >= 0.3 is 0 Å². The molecule has 5 heteroatoms. The van der Waals surface area contributed by atoms with Crippen LogP contribution < -0.4 is 0 Å². The maximum Gasteiger partial charge on any atom is 0.293 e. The minimum absolute atomic E-state index is 0.642. The maximum atomic E-state index is 10.5. The van der Waals surface area contributed by atoms with E-state index in [1.54, 1.807) is 7.41 Å². The second-order valence-corrected chi connectivity index (χ2v) is 4.76. The van der Waals surface area contributed by atoms with Gasteiger partial charge in [0.05, 0.1) is 11.9 Å². The summed E-state index contributed by atoms with van der Waals surface area (Å²) in [5.41, 5.74) is 3.14. The van der Waals surface area contributed by atoms with Crippen LogP contribution in [0.2, 0.25) is 0 Å². The van der Waals surface area contributed by atoms with Crippen molar-refractivity contribution < 1.29 is 9.21 Å². The molecule has 0 unspecified atom stereocenters. The number of rotatable bonds is 3. The van der Waals surface area contributed by atoms with E-state index in [9.17, 15) is 4.79 Å². The summed E-state index contributed by atoms with van der Waals surface area (Å²) < 4.78 is 5.82. The molecule has 0 fully saturated rings. The van der Waals surface area contributed by atoms with Gasteiger partial charge in [-0.25, -0.2) is 4.98 Å². The van der Waals surface area contributed by atoms with Crippen LogP contribution in [-0.2, 0) is 17.8 Å². The minimum Gasteiger partial charge on any atom is -0.441 e. The van der Waals surface area contributed by atoms with Crippen molar-refractivity contribution in [2.24, 2.45) is 0 Å². The van der Waals surface area contributed by atoms with Crippen molar-refractivity contribution in [3.05, 3.63) is 41.3 Å². The summed E-state index contributed by atoms with van der Waals surface area (Å²) >= 11 is 0. The fourth-order valence-corrected chi connectivity index (χ4v) is 2.25. The number of aryl methyl sites for hydroxylation is 1. The van der Waals surface area contributed by atoms with E-state index in [-0.39, 0.29) is 0 Å². The van der Waals surface area contributed by atoms with E-state index >= 15 is 0 Å². The van der Waals surface area contributed by atoms with Crippen LogP contribution in [0.25, 0.3) is 11.5 Å². The molecule has 0 bridgehead atoms. The van der Waals surface area contributed by atoms with Crippen LogP contribution in [-0.4, -0.2) is 29.9 Å². The molecule has 0 N–H and O–H groups in total. The summed E-state index contributed by atoms with van der Waals surface area (Å²) in [5, 5.41) is 0. The van der Waals surface area contributed by atoms with Crippen LogP contribution in [0.5, 0.6) is 0 Å². The third kappa shape index (κ3) is 2.47. The average Bonchev–Trinajstić information content (AvgIpc) is 2.83. The lowest BCUT2D eigenvalue weighted by Crippen LogP contribution is -2.34. The van der Waals surface area contributed by atoms with Crippen molar-refractivity contribution in [1.82, 2.24) is 9.79 Å². The van der Waals surface area contributed by atoms with Crippen molar-refractivity contribution in [2.45, 2.75) is 19.9 Å². The molecule has 3 rings (SSSR count). The highest BCUT2D eigenvalue weighted by Gasteiger charge is 2.22. The largest absolute Gasteiger partial charge is 0.441 e. The first-order valence-electron chi connectivity index (χ1n) is 6.34. The Morgan fingerprint density at radius 3 is 2.89 bits per heavy atom. The van der Waals surface area contributed by atoms with Gasteiger partial charge in [0.1, 0.15) is 5.76 Å². The molecule has 1 radical (unpaired) electrons. The highest BCUT2D eigenvalue weighted by Crippen LogP contribution is 2.25. The Bertz CT molecular complexity index is 592. The summed E-state index contributed by atoms with van der Waals surface area (Å²) in [6, 6.07) is 8.12. The predicted octanol–water partition coefficient (Wildman–Crippen LogP) is 1.82. The number of benzene rings is 1. The number of oxazole rings is 1. The molecule has 0 spiro atoms. The van der Waals surface area contributed by atoms with E-state index in [2.05, 4.69) is 11.9 Å². The fraction of sp³-hybridized carbons (Fsp3) is 0.286. The monoisotopic (exact) mass is 253 g/mol. The smallest absolute Gasteiger partial charge is 0.293 e. The Morgan fingerprint density at radius 1 is 1.37 bits per heavy atom. The van der Waals surface area contributed by atoms with Crippen molar-refractivity contribution in [3.63, 3.8) is 0 Å². The molecule has 4 nitrogen and oxygen atoms in total. The van der Waals surface area contributed by atoms with Gasteiger partial charge < -0.3 is 14.0 Å². The van der Waals surface area contributed by atoms with E-state index < -0.39 is 0 Å². The first-order chi connectivity index (χ1) is 9.26. The maximum absolute atomic E-state index is 10.5. The molecule has 0 aliphatic carbocycles. The molecular weight excluding hydrogens is 239 g/mol. The number of carbonyl (C=O) groups excluding carboxylic acids is 1. The lowest BCUT2D eigenvalue weighted by atomic mass is 9.92. The third-order valence-corrected chi connectivity index (χ3v) is 3.33. The van der Waals surface area contributed by atoms with E-state index in [0.29, 0.717) is 12.4 Å². The van der Waals surface area contributed by atoms with Gasteiger partial charge in [0.25, 0.3) is 7.41 Å². The molecule has 1 aromatic carbocycles. The number of aromatic nitrogens is 1. The molecule has 0 saturated heterocycles. The van der Waals surface area contributed by atoms with Gasteiger partial charge in [-0.3, -0.25) is 0 Å². The molecule has 2 heterocycles. The molecule has 2 aromatic rings. The zero-order chi connectivity index (χ0) is 13.2. The molecule has 0 saturated carbocycles. The fourth-order valence-electron chi connectivity index (χ4n) is 2.25. The second kappa shape index (κ2) is 5.01. The standard InChI is InChI=1S/C14H14BN2O2/c1-10-2-4-11(5-3-10)14-16-12-8-17(15-9-18)7-6-13(12)19-14/h2-5,9H,6-8H2,1H3. The number of hydrogen-bond donors (Lipinski definition) is 0. The van der Waals surface area contributed by atoms with E-state index in [1.165, 1.54) is 5.56 Å². The van der Waals surface area contributed by atoms with Crippen molar-refractivity contribution in [1.29, 1.82) is 0 Å². The first kappa shape index (κ1) is 12.2. The van der Waals surface area contributed by atoms with Crippen LogP contribution >= 0.6 is 0 Å². The summed E-state index contributed by atoms with van der Waals surface area (Å²) in [6.07, 6.45) is 1.60. The number of carbonyl (C=O) groups is 1. The van der Waals surface area contributed by atoms with Gasteiger partial charge in [-0.05, 0) is 25.6 Å². The quantitative estimate of drug-likeness (QED) is 0.618. The lowest BCUT2D eigenvalue weighted by Gasteiger charge is -2.21. The molecule has 19 heavy (non-hydrogen) atoms. The van der Waals surface area contributed by atoms with E-state index in [4.69, 9.17) is 4.42 Å². The van der Waals surface area contributed by atoms with Gasteiger partial charge in [0.15, 0.2) is 0 Å². The molecule has 1 aliphatic rings. The third-order valence-electron chi connectivity index (χ3n) is 3.33. The Labute approximate surface area is 112 Å². The summed E-state index contributed by atoms with van der Waals surface area (Å²) in [6.45, 7) is 3.50. The lowest BCUT2D eigenvalue weighted by molar-refractivity contribution is 0.380. The van der Waals surface area contributed by atoms with Gasteiger partial charge in [-0.15, -0.1) is 0 Å². The molecule has 0 amide bonds. The minimum atomic E-state index is 0.642. The molecule has 95 valence electrons. The molecule has 1 aliphatic heterocycles. The van der Waals surface area contributed by atoms with Crippen molar-refractivity contribution >= 4 is 13.6 Å². The van der Waals surface area contributed by atoms with Gasteiger partial charge in [0.2, 0.25) is 5.89 Å². The van der Waals surface area contributed by atoms with Gasteiger partial charge in [-0.1, -0.05) is 17.7 Å². The number of fused-ring (bicyclic) bond motifs is 1. The molecule has 0 atom stereocenters. The van der Waals surface area contributed by atoms with Crippen LogP contribution in [0.3, 0.4) is 0 Å². The Kier molecular flexibility index (Phi) is 3.21. The van der Waals surface area contributed by atoms with Crippen LogP contribution in [0.1, 0.15) is 17.0 Å². The highest BCUT2D eigenvalue weighted by atomic mass is 16.4. The van der Waals surface area contributed by atoms with Crippen LogP contribution in [0.15, 0.2) is 28.7 Å². The SMILES string of the molecule is Cc1ccc(-c2nc3c(o2)CCN([B]C=O)C3)cc1. The topological polar surface area (TPSA) is 46.3 Å². The second-order valence-electron chi connectivity index (χ2n) is 4.76.